The molecule has 0 aliphatic carbocycles. The summed E-state index contributed by atoms with van der Waals surface area (Å²) in [6, 6.07) is 5.94. The van der Waals surface area contributed by atoms with Crippen molar-refractivity contribution in [2.75, 3.05) is 7.05 Å². The first-order valence-corrected chi connectivity index (χ1v) is 8.24. The average Bonchev–Trinajstić information content (AvgIpc) is 2.91. The van der Waals surface area contributed by atoms with E-state index in [4.69, 9.17) is 16.9 Å². The van der Waals surface area contributed by atoms with Crippen molar-refractivity contribution in [1.29, 1.82) is 5.26 Å². The first kappa shape index (κ1) is 14.9. The quantitative estimate of drug-likeness (QED) is 0.864. The lowest BCUT2D eigenvalue weighted by Gasteiger charge is -2.16. The second-order valence-corrected chi connectivity index (χ2v) is 7.17. The molecule has 0 spiro atoms. The van der Waals surface area contributed by atoms with Crippen LogP contribution in [0, 0.1) is 11.3 Å². The van der Waals surface area contributed by atoms with Crippen LogP contribution in [0.2, 0.25) is 5.02 Å². The van der Waals surface area contributed by atoms with Crippen molar-refractivity contribution in [1.82, 2.24) is 9.29 Å². The molecule has 0 unspecified atom stereocenters. The summed E-state index contributed by atoms with van der Waals surface area (Å²) in [5.41, 5.74) is 2.57. The molecule has 0 N–H and O–H groups in total. The highest BCUT2D eigenvalue weighted by Gasteiger charge is 2.22. The zero-order chi connectivity index (χ0) is 14.8. The third kappa shape index (κ3) is 2.99. The van der Waals surface area contributed by atoms with Gasteiger partial charge in [-0.15, -0.1) is 11.3 Å². The first-order valence-electron chi connectivity index (χ1n) is 5.48. The SMILES string of the molecule is CN(Cc1cscn1)S(=O)(=O)c1ccc(C#N)c(Cl)c1. The van der Waals surface area contributed by atoms with Crippen molar-refractivity contribution >= 4 is 33.0 Å². The fraction of sp³-hybridized carbons (Fsp3) is 0.167. The van der Waals surface area contributed by atoms with Gasteiger partial charge in [-0.1, -0.05) is 11.6 Å². The van der Waals surface area contributed by atoms with Crippen LogP contribution in [0.3, 0.4) is 0 Å². The standard InChI is InChI=1S/C12H10ClN3O2S2/c1-16(6-10-7-19-8-15-10)20(17,18)11-3-2-9(5-14)12(13)4-11/h2-4,7-8H,6H2,1H3. The number of benzene rings is 1. The van der Waals surface area contributed by atoms with Gasteiger partial charge in [-0.2, -0.15) is 9.57 Å². The molecule has 2 rings (SSSR count). The van der Waals surface area contributed by atoms with Gasteiger partial charge in [0.2, 0.25) is 10.0 Å². The summed E-state index contributed by atoms with van der Waals surface area (Å²) in [5.74, 6) is 0. The number of sulfonamides is 1. The molecule has 0 amide bonds. The van der Waals surface area contributed by atoms with Crippen LogP contribution in [-0.4, -0.2) is 24.8 Å². The predicted octanol–water partition coefficient (Wildman–Crippen LogP) is 2.49. The van der Waals surface area contributed by atoms with Crippen LogP contribution in [0.25, 0.3) is 0 Å². The highest BCUT2D eigenvalue weighted by atomic mass is 35.5. The van der Waals surface area contributed by atoms with Crippen LogP contribution in [-0.2, 0) is 16.6 Å². The van der Waals surface area contributed by atoms with E-state index in [1.165, 1.54) is 40.9 Å². The van der Waals surface area contributed by atoms with E-state index in [2.05, 4.69) is 4.98 Å². The summed E-state index contributed by atoms with van der Waals surface area (Å²) in [5, 5.41) is 10.7. The molecule has 0 aliphatic heterocycles. The lowest BCUT2D eigenvalue weighted by molar-refractivity contribution is 0.463. The summed E-state index contributed by atoms with van der Waals surface area (Å²) in [6.07, 6.45) is 0. The Labute approximate surface area is 126 Å². The first-order chi connectivity index (χ1) is 9.45. The molecule has 0 fully saturated rings. The molecule has 1 heterocycles. The Morgan fingerprint density at radius 2 is 2.25 bits per heavy atom. The zero-order valence-electron chi connectivity index (χ0n) is 10.4. The molecule has 5 nitrogen and oxygen atoms in total. The fourth-order valence-corrected chi connectivity index (χ4v) is 3.56. The van der Waals surface area contributed by atoms with Gasteiger partial charge in [0.1, 0.15) is 6.07 Å². The maximum Gasteiger partial charge on any atom is 0.243 e. The summed E-state index contributed by atoms with van der Waals surface area (Å²) < 4.78 is 25.9. The Hall–Kier alpha value is -1.46. The summed E-state index contributed by atoms with van der Waals surface area (Å²) in [4.78, 5) is 4.11. The smallest absolute Gasteiger partial charge is 0.243 e. The van der Waals surface area contributed by atoms with Crippen LogP contribution in [0.5, 0.6) is 0 Å². The van der Waals surface area contributed by atoms with Crippen LogP contribution >= 0.6 is 22.9 Å². The zero-order valence-corrected chi connectivity index (χ0v) is 12.8. The highest BCUT2D eigenvalue weighted by molar-refractivity contribution is 7.89. The predicted molar refractivity (Wildman–Crippen MR) is 76.9 cm³/mol. The number of hydrogen-bond donors (Lipinski definition) is 0. The van der Waals surface area contributed by atoms with E-state index in [0.29, 0.717) is 5.69 Å². The van der Waals surface area contributed by atoms with E-state index >= 15 is 0 Å². The van der Waals surface area contributed by atoms with Gasteiger partial charge in [0.25, 0.3) is 0 Å². The molecule has 0 atom stereocenters. The van der Waals surface area contributed by atoms with E-state index in [1.807, 2.05) is 6.07 Å². The van der Waals surface area contributed by atoms with E-state index < -0.39 is 10.0 Å². The maximum atomic E-state index is 12.4. The average molecular weight is 328 g/mol. The lowest BCUT2D eigenvalue weighted by atomic mass is 10.2. The van der Waals surface area contributed by atoms with Gasteiger partial charge in [-0.25, -0.2) is 13.4 Å². The molecule has 20 heavy (non-hydrogen) atoms. The molecule has 8 heteroatoms. The van der Waals surface area contributed by atoms with Gasteiger partial charge >= 0.3 is 0 Å². The van der Waals surface area contributed by atoms with E-state index in [0.717, 1.165) is 0 Å². The molecule has 0 radical (unpaired) electrons. The second-order valence-electron chi connectivity index (χ2n) is 3.99. The van der Waals surface area contributed by atoms with E-state index in [9.17, 15) is 8.42 Å². The number of aromatic nitrogens is 1. The van der Waals surface area contributed by atoms with Gasteiger partial charge in [-0.05, 0) is 18.2 Å². The number of hydrogen-bond acceptors (Lipinski definition) is 5. The topological polar surface area (TPSA) is 74.1 Å². The molecule has 104 valence electrons. The molecule has 0 aliphatic rings. The number of nitrogens with zero attached hydrogens (tertiary/aromatic N) is 3. The highest BCUT2D eigenvalue weighted by Crippen LogP contribution is 2.23. The van der Waals surface area contributed by atoms with Crippen LogP contribution in [0.1, 0.15) is 11.3 Å². The van der Waals surface area contributed by atoms with Crippen LogP contribution in [0.15, 0.2) is 34.0 Å². The monoisotopic (exact) mass is 327 g/mol. The fourth-order valence-electron chi connectivity index (χ4n) is 1.56. The minimum atomic E-state index is -3.66. The molecule has 0 saturated heterocycles. The number of halogens is 1. The number of thiazole rings is 1. The third-order valence-corrected chi connectivity index (χ3v) is 5.38. The minimum absolute atomic E-state index is 0.0548. The summed E-state index contributed by atoms with van der Waals surface area (Å²) in [6.45, 7) is 0.184. The molecule has 1 aromatic heterocycles. The third-order valence-electron chi connectivity index (χ3n) is 2.64. The molecular weight excluding hydrogens is 318 g/mol. The number of rotatable bonds is 4. The van der Waals surface area contributed by atoms with Crippen LogP contribution < -0.4 is 0 Å². The van der Waals surface area contributed by atoms with Gasteiger partial charge in [0, 0.05) is 12.4 Å². The van der Waals surface area contributed by atoms with Crippen molar-refractivity contribution in [2.45, 2.75) is 11.4 Å². The largest absolute Gasteiger partial charge is 0.248 e. The van der Waals surface area contributed by atoms with Gasteiger partial charge in [0.05, 0.1) is 33.2 Å². The van der Waals surface area contributed by atoms with Crippen molar-refractivity contribution in [3.8, 4) is 6.07 Å². The molecule has 2 aromatic rings. The maximum absolute atomic E-state index is 12.4. The Bertz CT molecular complexity index is 752. The van der Waals surface area contributed by atoms with Gasteiger partial charge < -0.3 is 0 Å². The molecule has 0 saturated carbocycles. The number of nitriles is 1. The van der Waals surface area contributed by atoms with E-state index in [1.54, 1.807) is 10.9 Å². The van der Waals surface area contributed by atoms with Gasteiger partial charge in [0.15, 0.2) is 0 Å². The Morgan fingerprint density at radius 3 is 2.80 bits per heavy atom. The Balaban J connectivity index is 2.30. The summed E-state index contributed by atoms with van der Waals surface area (Å²) >= 11 is 7.27. The summed E-state index contributed by atoms with van der Waals surface area (Å²) in [7, 11) is -2.19. The van der Waals surface area contributed by atoms with Crippen molar-refractivity contribution in [3.63, 3.8) is 0 Å². The Morgan fingerprint density at radius 1 is 1.50 bits per heavy atom. The lowest BCUT2D eigenvalue weighted by Crippen LogP contribution is -2.26. The normalized spacial score (nSPS) is 11.5. The van der Waals surface area contributed by atoms with Crippen molar-refractivity contribution in [3.05, 3.63) is 45.4 Å². The molecule has 0 bridgehead atoms. The molecular formula is C12H10ClN3O2S2. The van der Waals surface area contributed by atoms with Crippen molar-refractivity contribution < 1.29 is 8.42 Å². The van der Waals surface area contributed by atoms with Crippen LogP contribution in [0.4, 0.5) is 0 Å². The minimum Gasteiger partial charge on any atom is -0.248 e. The van der Waals surface area contributed by atoms with Crippen molar-refractivity contribution in [2.24, 2.45) is 0 Å². The van der Waals surface area contributed by atoms with Gasteiger partial charge in [-0.3, -0.25) is 0 Å². The molecule has 1 aromatic carbocycles. The second kappa shape index (κ2) is 5.89. The Kier molecular flexibility index (Phi) is 4.40. The van der Waals surface area contributed by atoms with E-state index in [-0.39, 0.29) is 22.0 Å².